The summed E-state index contributed by atoms with van der Waals surface area (Å²) >= 11 is 0. The van der Waals surface area contributed by atoms with Gasteiger partial charge in [-0.3, -0.25) is 9.69 Å². The number of amides is 1. The summed E-state index contributed by atoms with van der Waals surface area (Å²) in [6, 6.07) is 9.96. The lowest BCUT2D eigenvalue weighted by Crippen LogP contribution is -2.42. The van der Waals surface area contributed by atoms with E-state index in [1.165, 1.54) is 0 Å². The molecule has 1 saturated heterocycles. The highest BCUT2D eigenvalue weighted by Crippen LogP contribution is 2.09. The molecule has 6 heteroatoms. The second kappa shape index (κ2) is 8.08. The van der Waals surface area contributed by atoms with Crippen LogP contribution in [0.5, 0.6) is 0 Å². The van der Waals surface area contributed by atoms with Crippen molar-refractivity contribution in [1.29, 1.82) is 0 Å². The molecule has 0 unspecified atom stereocenters. The Bertz CT molecular complexity index is 648. The molecule has 0 spiro atoms. The van der Waals surface area contributed by atoms with Crippen molar-refractivity contribution >= 4 is 5.91 Å². The number of rotatable bonds is 6. The summed E-state index contributed by atoms with van der Waals surface area (Å²) in [4.78, 5) is 14.1. The molecule has 1 aromatic carbocycles. The molecule has 0 atom stereocenters. The highest BCUT2D eigenvalue weighted by atomic mass is 16.3. The molecule has 0 aliphatic carbocycles. The van der Waals surface area contributed by atoms with Crippen molar-refractivity contribution in [3.8, 4) is 5.69 Å². The van der Waals surface area contributed by atoms with Crippen LogP contribution < -0.4 is 5.32 Å². The second-order valence-electron chi connectivity index (χ2n) is 6.24. The number of carbonyl (C=O) groups is 1. The van der Waals surface area contributed by atoms with Gasteiger partial charge in [-0.05, 0) is 37.0 Å². The molecule has 24 heavy (non-hydrogen) atoms. The Balaban J connectivity index is 1.40. The first-order valence-electron chi connectivity index (χ1n) is 8.47. The highest BCUT2D eigenvalue weighted by Gasteiger charge is 2.18. The molecule has 1 fully saturated rings. The van der Waals surface area contributed by atoms with Crippen LogP contribution in [0.2, 0.25) is 0 Å². The first-order valence-corrected chi connectivity index (χ1v) is 8.47. The summed E-state index contributed by atoms with van der Waals surface area (Å²) in [7, 11) is 0. The van der Waals surface area contributed by atoms with E-state index < -0.39 is 0 Å². The monoisotopic (exact) mass is 328 g/mol. The molecule has 128 valence electrons. The number of hydrogen-bond donors (Lipinski definition) is 2. The molecular formula is C18H24N4O2. The number of aliphatic hydroxyl groups is 1. The van der Waals surface area contributed by atoms with Gasteiger partial charge < -0.3 is 10.4 Å². The van der Waals surface area contributed by atoms with Gasteiger partial charge in [0.15, 0.2) is 0 Å². The Morgan fingerprint density at radius 3 is 2.75 bits per heavy atom. The van der Waals surface area contributed by atoms with Gasteiger partial charge in [0.2, 0.25) is 5.91 Å². The average Bonchev–Trinajstić information content (AvgIpc) is 3.07. The van der Waals surface area contributed by atoms with Crippen LogP contribution >= 0.6 is 0 Å². The van der Waals surface area contributed by atoms with Crippen LogP contribution in [0.4, 0.5) is 0 Å². The van der Waals surface area contributed by atoms with E-state index >= 15 is 0 Å². The third kappa shape index (κ3) is 4.66. The number of benzene rings is 1. The van der Waals surface area contributed by atoms with Crippen molar-refractivity contribution < 1.29 is 9.90 Å². The van der Waals surface area contributed by atoms with E-state index in [4.69, 9.17) is 0 Å². The number of likely N-dealkylation sites (tertiary alicyclic amines) is 1. The lowest BCUT2D eigenvalue weighted by Gasteiger charge is -2.28. The molecule has 6 nitrogen and oxygen atoms in total. The second-order valence-corrected chi connectivity index (χ2v) is 6.24. The Labute approximate surface area is 142 Å². The molecule has 1 amide bonds. The number of para-hydroxylation sites is 1. The number of nitrogens with zero attached hydrogens (tertiary/aromatic N) is 3. The Hall–Kier alpha value is -2.18. The molecule has 1 aliphatic heterocycles. The molecule has 2 N–H and O–H groups in total. The quantitative estimate of drug-likeness (QED) is 0.830. The molecule has 3 rings (SSSR count). The summed E-state index contributed by atoms with van der Waals surface area (Å²) in [6.45, 7) is 2.60. The average molecular weight is 328 g/mol. The van der Waals surface area contributed by atoms with Gasteiger partial charge in [0.1, 0.15) is 0 Å². The minimum atomic E-state index is -0.203. The van der Waals surface area contributed by atoms with Gasteiger partial charge >= 0.3 is 0 Å². The van der Waals surface area contributed by atoms with Crippen molar-refractivity contribution in [1.82, 2.24) is 20.0 Å². The maximum Gasteiger partial charge on any atom is 0.234 e. The lowest BCUT2D eigenvalue weighted by molar-refractivity contribution is -0.122. The van der Waals surface area contributed by atoms with Gasteiger partial charge in [-0.1, -0.05) is 18.2 Å². The predicted octanol–water partition coefficient (Wildman–Crippen LogP) is 0.988. The van der Waals surface area contributed by atoms with Gasteiger partial charge in [0.25, 0.3) is 0 Å². The molecular weight excluding hydrogens is 304 g/mol. The van der Waals surface area contributed by atoms with Crippen LogP contribution in [-0.2, 0) is 11.2 Å². The zero-order chi connectivity index (χ0) is 16.8. The van der Waals surface area contributed by atoms with E-state index in [9.17, 15) is 9.90 Å². The number of aliphatic hydroxyl groups excluding tert-OH is 1. The fourth-order valence-electron chi connectivity index (χ4n) is 2.89. The minimum Gasteiger partial charge on any atom is -0.393 e. The molecule has 0 saturated carbocycles. The summed E-state index contributed by atoms with van der Waals surface area (Å²) in [5, 5.41) is 16.8. The summed E-state index contributed by atoms with van der Waals surface area (Å²) < 4.78 is 1.84. The van der Waals surface area contributed by atoms with Crippen molar-refractivity contribution in [2.75, 3.05) is 26.2 Å². The van der Waals surface area contributed by atoms with Crippen LogP contribution in [0, 0.1) is 0 Å². The van der Waals surface area contributed by atoms with E-state index in [0.717, 1.165) is 43.6 Å². The lowest BCUT2D eigenvalue weighted by atomic mass is 10.1. The first-order chi connectivity index (χ1) is 11.7. The van der Waals surface area contributed by atoms with Crippen molar-refractivity contribution in [2.24, 2.45) is 0 Å². The van der Waals surface area contributed by atoms with Crippen molar-refractivity contribution in [3.05, 3.63) is 48.3 Å². The van der Waals surface area contributed by atoms with E-state index in [1.54, 1.807) is 0 Å². The molecule has 2 aromatic rings. The number of aromatic nitrogens is 2. The molecule has 1 aromatic heterocycles. The first kappa shape index (κ1) is 16.7. The van der Waals surface area contributed by atoms with E-state index in [0.29, 0.717) is 13.1 Å². The van der Waals surface area contributed by atoms with Gasteiger partial charge in [-0.2, -0.15) is 5.10 Å². The minimum absolute atomic E-state index is 0.0434. The smallest absolute Gasteiger partial charge is 0.234 e. The zero-order valence-corrected chi connectivity index (χ0v) is 13.8. The van der Waals surface area contributed by atoms with E-state index in [2.05, 4.69) is 15.3 Å². The predicted molar refractivity (Wildman–Crippen MR) is 92.0 cm³/mol. The standard InChI is InChI=1S/C18H24N4O2/c23-17-7-10-21(11-8-17)14-18(24)19-9-6-15-12-20-22(13-15)16-4-2-1-3-5-16/h1-5,12-13,17,23H,6-11,14H2,(H,19,24). The van der Waals surface area contributed by atoms with Gasteiger partial charge in [-0.15, -0.1) is 0 Å². The van der Waals surface area contributed by atoms with Crippen LogP contribution in [0.1, 0.15) is 18.4 Å². The number of carbonyl (C=O) groups excluding carboxylic acids is 1. The van der Waals surface area contributed by atoms with Crippen LogP contribution in [0.25, 0.3) is 5.69 Å². The van der Waals surface area contributed by atoms with Gasteiger partial charge in [-0.25, -0.2) is 4.68 Å². The number of piperidine rings is 1. The highest BCUT2D eigenvalue weighted by molar-refractivity contribution is 5.78. The molecule has 1 aliphatic rings. The third-order valence-corrected chi connectivity index (χ3v) is 4.32. The third-order valence-electron chi connectivity index (χ3n) is 4.32. The fourth-order valence-corrected chi connectivity index (χ4v) is 2.89. The van der Waals surface area contributed by atoms with Crippen LogP contribution in [-0.4, -0.2) is 58.0 Å². The summed E-state index contributed by atoms with van der Waals surface area (Å²) in [5.74, 6) is 0.0434. The maximum atomic E-state index is 12.0. The molecule has 0 radical (unpaired) electrons. The Morgan fingerprint density at radius 2 is 2.00 bits per heavy atom. The number of hydrogen-bond acceptors (Lipinski definition) is 4. The van der Waals surface area contributed by atoms with Crippen molar-refractivity contribution in [3.63, 3.8) is 0 Å². The van der Waals surface area contributed by atoms with Gasteiger partial charge in [0, 0.05) is 25.8 Å². The molecule has 2 heterocycles. The van der Waals surface area contributed by atoms with Crippen LogP contribution in [0.15, 0.2) is 42.7 Å². The largest absolute Gasteiger partial charge is 0.393 e. The maximum absolute atomic E-state index is 12.0. The summed E-state index contributed by atoms with van der Waals surface area (Å²) in [6.07, 6.45) is 5.90. The van der Waals surface area contributed by atoms with Crippen LogP contribution in [0.3, 0.4) is 0 Å². The summed E-state index contributed by atoms with van der Waals surface area (Å²) in [5.41, 5.74) is 2.13. The Kier molecular flexibility index (Phi) is 5.61. The van der Waals surface area contributed by atoms with Crippen molar-refractivity contribution in [2.45, 2.75) is 25.4 Å². The fraction of sp³-hybridized carbons (Fsp3) is 0.444. The van der Waals surface area contributed by atoms with Gasteiger partial charge in [0.05, 0.1) is 24.5 Å². The Morgan fingerprint density at radius 1 is 1.25 bits per heavy atom. The van der Waals surface area contributed by atoms with E-state index in [1.807, 2.05) is 47.4 Å². The topological polar surface area (TPSA) is 70.4 Å². The molecule has 0 bridgehead atoms. The number of nitrogens with one attached hydrogen (secondary N) is 1. The van der Waals surface area contributed by atoms with E-state index in [-0.39, 0.29) is 12.0 Å². The normalized spacial score (nSPS) is 16.2. The zero-order valence-electron chi connectivity index (χ0n) is 13.8. The SMILES string of the molecule is O=C(CN1CCC(O)CC1)NCCc1cnn(-c2ccccc2)c1.